The minimum absolute atomic E-state index is 0. The molecule has 0 fully saturated rings. The Kier molecular flexibility index (Phi) is 3.85. The van der Waals surface area contributed by atoms with Crippen molar-refractivity contribution in [3.8, 4) is 0 Å². The Balaban J connectivity index is 0.000000640. The van der Waals surface area contributed by atoms with Crippen LogP contribution in [0, 0.1) is 6.92 Å². The van der Waals surface area contributed by atoms with E-state index in [-0.39, 0.29) is 18.9 Å². The summed E-state index contributed by atoms with van der Waals surface area (Å²) in [5, 5.41) is 0. The molecule has 44 valence electrons. The molecule has 0 aromatic heterocycles. The molecule has 1 aromatic carbocycles. The minimum atomic E-state index is 0. The second kappa shape index (κ2) is 3.88. The maximum Gasteiger partial charge on any atom is 1.00 e. The van der Waals surface area contributed by atoms with Crippen LogP contribution in [0.1, 0.15) is 18.1 Å². The van der Waals surface area contributed by atoms with Gasteiger partial charge in [-0.25, -0.2) is 12.1 Å². The van der Waals surface area contributed by atoms with E-state index in [9.17, 15) is 0 Å². The van der Waals surface area contributed by atoms with Gasteiger partial charge in [0.25, 0.3) is 0 Å². The van der Waals surface area contributed by atoms with Crippen LogP contribution in [-0.4, -0.2) is 0 Å². The summed E-state index contributed by atoms with van der Waals surface area (Å²) in [6, 6.07) is 6.43. The zero-order chi connectivity index (χ0) is 5.98. The second-order valence-corrected chi connectivity index (χ2v) is 2.09. The van der Waals surface area contributed by atoms with Crippen LogP contribution in [0.3, 0.4) is 0 Å². The third kappa shape index (κ3) is 1.97. The Morgan fingerprint density at radius 3 is 2.44 bits per heavy atom. The van der Waals surface area contributed by atoms with Crippen LogP contribution < -0.4 is 18.9 Å². The SMILES string of the molecule is CCc1ccc[c-]1C.[Li+]. The molecule has 1 aromatic rings. The maximum absolute atomic E-state index is 2.18. The van der Waals surface area contributed by atoms with Gasteiger partial charge in [-0.2, -0.15) is 17.2 Å². The van der Waals surface area contributed by atoms with E-state index < -0.39 is 0 Å². The minimum Gasteiger partial charge on any atom is -0.213 e. The summed E-state index contributed by atoms with van der Waals surface area (Å²) in [6.45, 7) is 4.33. The molecule has 0 aliphatic heterocycles. The maximum atomic E-state index is 2.18. The van der Waals surface area contributed by atoms with E-state index in [4.69, 9.17) is 0 Å². The van der Waals surface area contributed by atoms with E-state index in [1.165, 1.54) is 17.5 Å². The van der Waals surface area contributed by atoms with Crippen LogP contribution in [-0.2, 0) is 6.42 Å². The summed E-state index contributed by atoms with van der Waals surface area (Å²) in [6.07, 6.45) is 1.17. The van der Waals surface area contributed by atoms with Crippen LogP contribution in [0.15, 0.2) is 18.2 Å². The third-order valence-electron chi connectivity index (χ3n) is 1.53. The number of hydrogen-bond acceptors (Lipinski definition) is 0. The Morgan fingerprint density at radius 1 is 1.56 bits per heavy atom. The predicted octanol–water partition coefficient (Wildman–Crippen LogP) is -0.720. The summed E-state index contributed by atoms with van der Waals surface area (Å²) in [5.41, 5.74) is 2.90. The number of rotatable bonds is 1. The van der Waals surface area contributed by atoms with Gasteiger partial charge in [-0.05, 0) is 0 Å². The van der Waals surface area contributed by atoms with Gasteiger partial charge in [-0.3, -0.25) is 0 Å². The van der Waals surface area contributed by atoms with Gasteiger partial charge < -0.3 is 0 Å². The molecule has 0 atom stereocenters. The summed E-state index contributed by atoms with van der Waals surface area (Å²) < 4.78 is 0. The van der Waals surface area contributed by atoms with Gasteiger partial charge in [0.05, 0.1) is 0 Å². The summed E-state index contributed by atoms with van der Waals surface area (Å²) in [7, 11) is 0. The smallest absolute Gasteiger partial charge is 0.213 e. The Labute approximate surface area is 68.8 Å². The molecule has 9 heavy (non-hydrogen) atoms. The molecule has 0 unspecified atom stereocenters. The van der Waals surface area contributed by atoms with Crippen molar-refractivity contribution in [1.82, 2.24) is 0 Å². The number of hydrogen-bond donors (Lipinski definition) is 0. The monoisotopic (exact) mass is 114 g/mol. The van der Waals surface area contributed by atoms with Crippen LogP contribution in [0.25, 0.3) is 0 Å². The van der Waals surface area contributed by atoms with Gasteiger partial charge in [-0.15, -0.1) is 0 Å². The molecule has 0 saturated heterocycles. The first-order valence-electron chi connectivity index (χ1n) is 3.05. The van der Waals surface area contributed by atoms with E-state index in [2.05, 4.69) is 32.0 Å². The van der Waals surface area contributed by atoms with E-state index in [1.54, 1.807) is 0 Å². The average Bonchev–Trinajstić information content (AvgIpc) is 2.14. The van der Waals surface area contributed by atoms with Gasteiger partial charge in [0.1, 0.15) is 0 Å². The van der Waals surface area contributed by atoms with Crippen LogP contribution >= 0.6 is 0 Å². The van der Waals surface area contributed by atoms with Gasteiger partial charge in [0.15, 0.2) is 0 Å². The third-order valence-corrected chi connectivity index (χ3v) is 1.53. The van der Waals surface area contributed by atoms with Crippen molar-refractivity contribution < 1.29 is 18.9 Å². The first kappa shape index (κ1) is 8.95. The molecule has 0 bridgehead atoms. The molecule has 0 N–H and O–H groups in total. The fraction of sp³-hybridized carbons (Fsp3) is 0.375. The van der Waals surface area contributed by atoms with Crippen molar-refractivity contribution in [3.05, 3.63) is 29.3 Å². The van der Waals surface area contributed by atoms with Crippen LogP contribution in [0.5, 0.6) is 0 Å². The summed E-state index contributed by atoms with van der Waals surface area (Å²) in [5.74, 6) is 0. The molecule has 1 rings (SSSR count). The quantitative estimate of drug-likeness (QED) is 0.334. The van der Waals surface area contributed by atoms with Gasteiger partial charge in [0.2, 0.25) is 0 Å². The van der Waals surface area contributed by atoms with E-state index in [0.29, 0.717) is 0 Å². The molecule has 0 saturated carbocycles. The molecule has 0 aliphatic rings. The normalized spacial score (nSPS) is 8.67. The zero-order valence-corrected chi connectivity index (χ0v) is 6.44. The fourth-order valence-electron chi connectivity index (χ4n) is 0.944. The second-order valence-electron chi connectivity index (χ2n) is 2.09. The van der Waals surface area contributed by atoms with Crippen LogP contribution in [0.2, 0.25) is 0 Å². The van der Waals surface area contributed by atoms with Crippen molar-refractivity contribution in [2.45, 2.75) is 20.3 Å². The zero-order valence-electron chi connectivity index (χ0n) is 6.44. The van der Waals surface area contributed by atoms with Crippen molar-refractivity contribution in [3.63, 3.8) is 0 Å². The molecule has 0 amide bonds. The van der Waals surface area contributed by atoms with Gasteiger partial charge in [-0.1, -0.05) is 20.3 Å². The van der Waals surface area contributed by atoms with Crippen LogP contribution in [0.4, 0.5) is 0 Å². The first-order valence-corrected chi connectivity index (χ1v) is 3.05. The molecular weight excluding hydrogens is 103 g/mol. The number of aryl methyl sites for hydroxylation is 2. The molecule has 1 heteroatoms. The molecular formula is C8H11Li. The molecule has 0 heterocycles. The molecule has 0 nitrogen and oxygen atoms in total. The van der Waals surface area contributed by atoms with Gasteiger partial charge in [0, 0.05) is 0 Å². The molecule has 0 aliphatic carbocycles. The summed E-state index contributed by atoms with van der Waals surface area (Å²) in [4.78, 5) is 0. The molecule has 0 radical (unpaired) electrons. The standard InChI is InChI=1S/C8H11.Li/c1-3-8-6-4-5-7(8)2;/h4-6H,3H2,1-2H3;/q-1;+1. The van der Waals surface area contributed by atoms with Crippen molar-refractivity contribution in [2.24, 2.45) is 0 Å². The fourth-order valence-corrected chi connectivity index (χ4v) is 0.944. The van der Waals surface area contributed by atoms with E-state index in [1.807, 2.05) is 0 Å². The van der Waals surface area contributed by atoms with E-state index >= 15 is 0 Å². The van der Waals surface area contributed by atoms with Crippen molar-refractivity contribution >= 4 is 0 Å². The van der Waals surface area contributed by atoms with E-state index in [0.717, 1.165) is 0 Å². The average molecular weight is 114 g/mol. The van der Waals surface area contributed by atoms with Crippen molar-refractivity contribution in [1.29, 1.82) is 0 Å². The Bertz CT molecular complexity index is 165. The first-order chi connectivity index (χ1) is 3.84. The predicted molar refractivity (Wildman–Crippen MR) is 36.1 cm³/mol. The largest absolute Gasteiger partial charge is 1.00 e. The topological polar surface area (TPSA) is 0 Å². The Morgan fingerprint density at radius 2 is 2.22 bits per heavy atom. The van der Waals surface area contributed by atoms with Gasteiger partial charge >= 0.3 is 18.9 Å². The summed E-state index contributed by atoms with van der Waals surface area (Å²) >= 11 is 0. The van der Waals surface area contributed by atoms with Crippen molar-refractivity contribution in [2.75, 3.05) is 0 Å². The molecule has 0 spiro atoms. The Hall–Kier alpha value is -0.0526.